The van der Waals surface area contributed by atoms with Crippen LogP contribution in [-0.2, 0) is 11.2 Å². The number of para-hydroxylation sites is 1. The fourth-order valence-corrected chi connectivity index (χ4v) is 3.04. The fraction of sp³-hybridized carbons (Fsp3) is 0.278. The molecule has 6 heteroatoms. The van der Waals surface area contributed by atoms with E-state index in [1.807, 2.05) is 36.4 Å². The summed E-state index contributed by atoms with van der Waals surface area (Å²) >= 11 is 0. The predicted molar refractivity (Wildman–Crippen MR) is 84.8 cm³/mol. The van der Waals surface area contributed by atoms with Crippen LogP contribution in [0.15, 0.2) is 48.5 Å². The van der Waals surface area contributed by atoms with Gasteiger partial charge in [0, 0.05) is 12.0 Å². The van der Waals surface area contributed by atoms with E-state index in [0.29, 0.717) is 26.1 Å². The molecule has 0 spiro atoms. The third-order valence-corrected chi connectivity index (χ3v) is 4.27. The summed E-state index contributed by atoms with van der Waals surface area (Å²) in [4.78, 5) is 12.7. The molecule has 2 atom stereocenters. The number of carboxylic acids is 1. The average Bonchev–Trinajstić information content (AvgIpc) is 2.68. The summed E-state index contributed by atoms with van der Waals surface area (Å²) < 4.78 is 5.65. The van der Waals surface area contributed by atoms with Gasteiger partial charge in [0.05, 0.1) is 6.54 Å². The van der Waals surface area contributed by atoms with E-state index in [-0.39, 0.29) is 18.2 Å². The van der Waals surface area contributed by atoms with Gasteiger partial charge in [0.25, 0.3) is 0 Å². The number of carboxylic acid groups (broad SMARTS) is 1. The number of fused-ring (bicyclic) bond motifs is 6. The highest BCUT2D eigenvalue weighted by atomic mass is 35.5. The van der Waals surface area contributed by atoms with E-state index in [1.54, 1.807) is 12.1 Å². The van der Waals surface area contributed by atoms with Crippen LogP contribution in [0.25, 0.3) is 0 Å². The van der Waals surface area contributed by atoms with Crippen molar-refractivity contribution < 1.29 is 37.1 Å². The van der Waals surface area contributed by atoms with Crippen LogP contribution in [0.5, 0.6) is 11.5 Å². The molecule has 2 heterocycles. The van der Waals surface area contributed by atoms with Crippen LogP contribution < -0.4 is 22.0 Å². The van der Waals surface area contributed by atoms with Gasteiger partial charge in [0.15, 0.2) is 0 Å². The zero-order valence-corrected chi connectivity index (χ0v) is 13.9. The largest absolute Gasteiger partial charge is 1.00 e. The fourth-order valence-electron chi connectivity index (χ4n) is 3.04. The Balaban J connectivity index is 0.00000208. The van der Waals surface area contributed by atoms with Gasteiger partial charge >= 0.3 is 5.97 Å². The van der Waals surface area contributed by atoms with Gasteiger partial charge in [-0.2, -0.15) is 0 Å². The first-order valence-electron chi connectivity index (χ1n) is 7.72. The average molecular weight is 350 g/mol. The Hall–Kier alpha value is -2.24. The lowest BCUT2D eigenvalue weighted by molar-refractivity contribution is -0.922. The molecule has 0 aromatic heterocycles. The first-order chi connectivity index (χ1) is 11.1. The van der Waals surface area contributed by atoms with Crippen LogP contribution in [0.3, 0.4) is 0 Å². The second-order valence-corrected chi connectivity index (χ2v) is 5.73. The maximum atomic E-state index is 11.8. The molecule has 0 saturated heterocycles. The molecule has 2 aromatic rings. The Bertz CT molecular complexity index is 690. The first-order valence-corrected chi connectivity index (χ1v) is 7.72. The predicted octanol–water partition coefficient (Wildman–Crippen LogP) is -1.96. The Morgan fingerprint density at radius 3 is 2.54 bits per heavy atom. The van der Waals surface area contributed by atoms with Gasteiger partial charge in [-0.05, 0) is 35.9 Å². The molecule has 2 aromatic carbocycles. The van der Waals surface area contributed by atoms with E-state index < -0.39 is 12.0 Å². The highest BCUT2D eigenvalue weighted by Gasteiger charge is 2.32. The van der Waals surface area contributed by atoms with Crippen molar-refractivity contribution in [3.63, 3.8) is 0 Å². The van der Waals surface area contributed by atoms with Crippen LogP contribution in [0.2, 0.25) is 0 Å². The number of nitrogens with one attached hydrogen (secondary N) is 1. The molecule has 0 saturated carbocycles. The Kier molecular flexibility index (Phi) is 6.06. The lowest BCUT2D eigenvalue weighted by atomic mass is 10.0. The van der Waals surface area contributed by atoms with E-state index in [9.17, 15) is 15.0 Å². The quantitative estimate of drug-likeness (QED) is 0.599. The lowest BCUT2D eigenvalue weighted by Crippen LogP contribution is -3.14. The maximum absolute atomic E-state index is 11.8. The minimum absolute atomic E-state index is 0. The number of hydrogen-bond acceptors (Lipinski definition) is 3. The Morgan fingerprint density at radius 1 is 1.17 bits per heavy atom. The molecule has 2 aliphatic heterocycles. The molecular formula is C18H20ClNO4. The van der Waals surface area contributed by atoms with Gasteiger partial charge in [-0.15, -0.1) is 0 Å². The van der Waals surface area contributed by atoms with Gasteiger partial charge < -0.3 is 32.3 Å². The van der Waals surface area contributed by atoms with Crippen molar-refractivity contribution in [2.75, 3.05) is 19.7 Å². The highest BCUT2D eigenvalue weighted by Crippen LogP contribution is 2.19. The first kappa shape index (κ1) is 18.1. The van der Waals surface area contributed by atoms with E-state index in [1.165, 1.54) is 0 Å². The number of quaternary nitrogens is 1. The van der Waals surface area contributed by atoms with Gasteiger partial charge in [-0.3, -0.25) is 0 Å². The molecule has 4 rings (SSSR count). The van der Waals surface area contributed by atoms with Crippen molar-refractivity contribution in [3.05, 3.63) is 59.7 Å². The third kappa shape index (κ3) is 3.99. The maximum Gasteiger partial charge on any atom is 0.367 e. The molecule has 2 bridgehead atoms. The van der Waals surface area contributed by atoms with Crippen molar-refractivity contribution in [3.8, 4) is 11.5 Å². The number of carbonyl (C=O) groups is 1. The number of aliphatic carboxylic acids is 1. The second kappa shape index (κ2) is 8.04. The highest BCUT2D eigenvalue weighted by molar-refractivity contribution is 5.74. The summed E-state index contributed by atoms with van der Waals surface area (Å²) in [5, 5.41) is 19.6. The third-order valence-electron chi connectivity index (χ3n) is 4.27. The number of halogens is 1. The van der Waals surface area contributed by atoms with Gasteiger partial charge in [0.1, 0.15) is 24.7 Å². The van der Waals surface area contributed by atoms with Crippen LogP contribution in [-0.4, -0.2) is 35.9 Å². The molecular weight excluding hydrogens is 330 g/mol. The summed E-state index contributed by atoms with van der Waals surface area (Å²) in [6.07, 6.45) is 0.614. The Labute approximate surface area is 146 Å². The summed E-state index contributed by atoms with van der Waals surface area (Å²) in [7, 11) is 0. The molecule has 5 nitrogen and oxygen atoms in total. The number of rotatable bonds is 4. The monoisotopic (exact) mass is 349 g/mol. The summed E-state index contributed by atoms with van der Waals surface area (Å²) in [5.74, 6) is 0.176. The molecule has 3 N–H and O–H groups in total. The number of aromatic hydroxyl groups is 1. The second-order valence-electron chi connectivity index (χ2n) is 5.73. The molecule has 24 heavy (non-hydrogen) atoms. The van der Waals surface area contributed by atoms with Crippen molar-refractivity contribution in [2.45, 2.75) is 12.5 Å². The minimum Gasteiger partial charge on any atom is -1.00 e. The van der Waals surface area contributed by atoms with E-state index in [2.05, 4.69) is 0 Å². The van der Waals surface area contributed by atoms with Crippen molar-refractivity contribution >= 4 is 5.97 Å². The Morgan fingerprint density at radius 2 is 1.88 bits per heavy atom. The topological polar surface area (TPSA) is 71.2 Å². The van der Waals surface area contributed by atoms with Gasteiger partial charge in [-0.1, -0.05) is 18.2 Å². The summed E-state index contributed by atoms with van der Waals surface area (Å²) in [5.41, 5.74) is 1.61. The molecule has 0 radical (unpaired) electrons. The zero-order valence-electron chi connectivity index (χ0n) is 13.1. The summed E-state index contributed by atoms with van der Waals surface area (Å²) in [6, 6.07) is 13.8. The SMILES string of the molecule is O=C(O)[C@H]1c2ccc(cc2)OCC[NH+]1CCc1ccccc1O.[Cl-]. The van der Waals surface area contributed by atoms with E-state index in [0.717, 1.165) is 21.8 Å². The lowest BCUT2D eigenvalue weighted by Gasteiger charge is -2.25. The van der Waals surface area contributed by atoms with Gasteiger partial charge in [-0.25, -0.2) is 4.79 Å². The van der Waals surface area contributed by atoms with E-state index >= 15 is 0 Å². The molecule has 0 aliphatic carbocycles. The van der Waals surface area contributed by atoms with Crippen molar-refractivity contribution in [2.24, 2.45) is 0 Å². The number of phenols is 1. The van der Waals surface area contributed by atoms with E-state index in [4.69, 9.17) is 4.74 Å². The molecule has 128 valence electrons. The summed E-state index contributed by atoms with van der Waals surface area (Å²) in [6.45, 7) is 1.68. The molecule has 2 aliphatic rings. The minimum atomic E-state index is -0.841. The normalized spacial score (nSPS) is 19.3. The van der Waals surface area contributed by atoms with Gasteiger partial charge in [0.2, 0.25) is 6.04 Å². The number of phenolic OH excluding ortho intramolecular Hbond substituents is 1. The number of ether oxygens (including phenoxy) is 1. The van der Waals surface area contributed by atoms with Crippen LogP contribution in [0, 0.1) is 0 Å². The van der Waals surface area contributed by atoms with Crippen LogP contribution in [0.4, 0.5) is 0 Å². The smallest absolute Gasteiger partial charge is 0.367 e. The van der Waals surface area contributed by atoms with Crippen molar-refractivity contribution in [1.29, 1.82) is 0 Å². The van der Waals surface area contributed by atoms with Crippen LogP contribution >= 0.6 is 0 Å². The standard InChI is InChI=1S/C18H19NO4.ClH/c20-16-4-2-1-3-13(16)9-10-19-11-12-23-15-7-5-14(6-8-15)17(19)18(21)22;/h1-8,17,20H,9-12H2,(H,21,22);1H/t17-;/m1./s1. The molecule has 0 fully saturated rings. The molecule has 0 amide bonds. The zero-order chi connectivity index (χ0) is 16.2. The number of benzene rings is 2. The number of hydrogen-bond donors (Lipinski definition) is 3. The van der Waals surface area contributed by atoms with Crippen molar-refractivity contribution in [1.82, 2.24) is 0 Å². The van der Waals surface area contributed by atoms with Crippen LogP contribution in [0.1, 0.15) is 17.2 Å². The molecule has 1 unspecified atom stereocenters.